The van der Waals surface area contributed by atoms with E-state index in [1.54, 1.807) is 0 Å². The molecule has 3 heteroatoms. The quantitative estimate of drug-likeness (QED) is 0.485. The maximum absolute atomic E-state index is 10.6. The minimum Gasteiger partial charge on any atom is -0.266 e. The standard InChI is InChI=1S/C9H17O3/c1-7(5-8(10)12-11)6-9(2,3)4/h7H,5-6H2,1-4H3. The van der Waals surface area contributed by atoms with E-state index in [1.165, 1.54) is 0 Å². The number of rotatable bonds is 3. The minimum atomic E-state index is -0.660. The fraction of sp³-hybridized carbons (Fsp3) is 0.889. The summed E-state index contributed by atoms with van der Waals surface area (Å²) in [6, 6.07) is 0. The highest BCUT2D eigenvalue weighted by molar-refractivity contribution is 5.68. The Hall–Kier alpha value is -0.570. The molecule has 0 heterocycles. The van der Waals surface area contributed by atoms with Crippen LogP contribution in [-0.2, 0) is 14.9 Å². The fourth-order valence-corrected chi connectivity index (χ4v) is 1.44. The molecule has 0 aliphatic rings. The van der Waals surface area contributed by atoms with Crippen molar-refractivity contribution in [3.63, 3.8) is 0 Å². The average molecular weight is 173 g/mol. The predicted molar refractivity (Wildman–Crippen MR) is 44.6 cm³/mol. The normalized spacial score (nSPS) is 14.1. The molecule has 0 fully saturated rings. The molecule has 0 spiro atoms. The zero-order valence-electron chi connectivity index (χ0n) is 8.22. The molecule has 1 unspecified atom stereocenters. The monoisotopic (exact) mass is 173 g/mol. The molecule has 3 nitrogen and oxygen atoms in total. The second kappa shape index (κ2) is 4.45. The summed E-state index contributed by atoms with van der Waals surface area (Å²) < 4.78 is 0. The lowest BCUT2D eigenvalue weighted by atomic mass is 9.84. The van der Waals surface area contributed by atoms with Crippen LogP contribution in [0.5, 0.6) is 0 Å². The van der Waals surface area contributed by atoms with Crippen molar-refractivity contribution in [3.05, 3.63) is 0 Å². The summed E-state index contributed by atoms with van der Waals surface area (Å²) in [7, 11) is 0. The molecule has 71 valence electrons. The van der Waals surface area contributed by atoms with E-state index >= 15 is 0 Å². The summed E-state index contributed by atoms with van der Waals surface area (Å²) in [5.41, 5.74) is 0.197. The third-order valence-corrected chi connectivity index (χ3v) is 1.57. The molecule has 1 radical (unpaired) electrons. The first kappa shape index (κ1) is 11.4. The lowest BCUT2D eigenvalue weighted by Crippen LogP contribution is -2.14. The maximum Gasteiger partial charge on any atom is 0.346 e. The lowest BCUT2D eigenvalue weighted by Gasteiger charge is -2.21. The molecule has 0 aromatic rings. The van der Waals surface area contributed by atoms with Crippen LogP contribution in [0.1, 0.15) is 40.5 Å². The zero-order chi connectivity index (χ0) is 9.78. The Morgan fingerprint density at radius 1 is 1.42 bits per heavy atom. The lowest BCUT2D eigenvalue weighted by molar-refractivity contribution is -0.279. The van der Waals surface area contributed by atoms with Gasteiger partial charge in [-0.2, -0.15) is 0 Å². The smallest absolute Gasteiger partial charge is 0.266 e. The van der Waals surface area contributed by atoms with Gasteiger partial charge in [-0.25, -0.2) is 4.79 Å². The van der Waals surface area contributed by atoms with Crippen LogP contribution in [-0.4, -0.2) is 5.97 Å². The zero-order valence-corrected chi connectivity index (χ0v) is 8.22. The van der Waals surface area contributed by atoms with E-state index in [9.17, 15) is 10.1 Å². The first-order valence-corrected chi connectivity index (χ1v) is 4.18. The van der Waals surface area contributed by atoms with E-state index in [2.05, 4.69) is 25.7 Å². The topological polar surface area (TPSA) is 46.2 Å². The van der Waals surface area contributed by atoms with Gasteiger partial charge in [-0.3, -0.25) is 4.89 Å². The van der Waals surface area contributed by atoms with Crippen LogP contribution in [0, 0.1) is 11.3 Å². The molecule has 0 aromatic heterocycles. The third-order valence-electron chi connectivity index (χ3n) is 1.57. The Kier molecular flexibility index (Phi) is 4.24. The van der Waals surface area contributed by atoms with Gasteiger partial charge in [0.2, 0.25) is 0 Å². The van der Waals surface area contributed by atoms with Gasteiger partial charge in [0, 0.05) is 5.26 Å². The number of hydrogen-bond acceptors (Lipinski definition) is 2. The van der Waals surface area contributed by atoms with Crippen molar-refractivity contribution < 1.29 is 14.9 Å². The molecule has 0 bridgehead atoms. The third kappa shape index (κ3) is 6.16. The van der Waals surface area contributed by atoms with Crippen molar-refractivity contribution in [2.45, 2.75) is 40.5 Å². The second-order valence-corrected chi connectivity index (χ2v) is 4.53. The maximum atomic E-state index is 10.6. The molecule has 0 amide bonds. The highest BCUT2D eigenvalue weighted by Crippen LogP contribution is 2.25. The van der Waals surface area contributed by atoms with E-state index < -0.39 is 5.97 Å². The van der Waals surface area contributed by atoms with E-state index in [0.717, 1.165) is 6.42 Å². The molecule has 1 atom stereocenters. The van der Waals surface area contributed by atoms with Crippen LogP contribution in [0.15, 0.2) is 0 Å². The van der Waals surface area contributed by atoms with E-state index in [1.807, 2.05) is 6.92 Å². The Labute approximate surface area is 73.7 Å². The van der Waals surface area contributed by atoms with E-state index in [4.69, 9.17) is 0 Å². The van der Waals surface area contributed by atoms with Gasteiger partial charge in [0.25, 0.3) is 0 Å². The molecule has 0 aromatic carbocycles. The molecule has 0 saturated heterocycles. The van der Waals surface area contributed by atoms with Gasteiger partial charge >= 0.3 is 5.97 Å². The van der Waals surface area contributed by atoms with E-state index in [-0.39, 0.29) is 17.8 Å². The van der Waals surface area contributed by atoms with Gasteiger partial charge in [-0.15, -0.1) is 0 Å². The summed E-state index contributed by atoms with van der Waals surface area (Å²) in [5, 5.41) is 9.68. The molecule has 0 aliphatic heterocycles. The number of hydrogen-bond donors (Lipinski definition) is 0. The summed E-state index contributed by atoms with van der Waals surface area (Å²) in [4.78, 5) is 13.9. The first-order chi connectivity index (χ1) is 5.35. The number of carbonyl (C=O) groups is 1. The molecular weight excluding hydrogens is 156 g/mol. The first-order valence-electron chi connectivity index (χ1n) is 4.18. The van der Waals surface area contributed by atoms with Crippen molar-refractivity contribution in [3.8, 4) is 0 Å². The fourth-order valence-electron chi connectivity index (χ4n) is 1.44. The molecule has 0 rings (SSSR count). The van der Waals surface area contributed by atoms with Crippen molar-refractivity contribution in [1.82, 2.24) is 0 Å². The van der Waals surface area contributed by atoms with Crippen molar-refractivity contribution in [2.24, 2.45) is 11.3 Å². The molecule has 0 aliphatic carbocycles. The highest BCUT2D eigenvalue weighted by Gasteiger charge is 2.18. The second-order valence-electron chi connectivity index (χ2n) is 4.53. The average Bonchev–Trinajstić information content (AvgIpc) is 1.82. The molecular formula is C9H17O3. The summed E-state index contributed by atoms with van der Waals surface area (Å²) in [6.45, 7) is 8.26. The van der Waals surface area contributed by atoms with Crippen LogP contribution in [0.3, 0.4) is 0 Å². The van der Waals surface area contributed by atoms with Crippen LogP contribution >= 0.6 is 0 Å². The largest absolute Gasteiger partial charge is 0.346 e. The van der Waals surface area contributed by atoms with E-state index in [0.29, 0.717) is 0 Å². The van der Waals surface area contributed by atoms with Crippen molar-refractivity contribution >= 4 is 5.97 Å². The Balaban J connectivity index is 3.74. The Morgan fingerprint density at radius 3 is 2.25 bits per heavy atom. The van der Waals surface area contributed by atoms with Crippen molar-refractivity contribution in [2.75, 3.05) is 0 Å². The molecule has 0 N–H and O–H groups in total. The molecule has 0 saturated carbocycles. The van der Waals surface area contributed by atoms with Crippen LogP contribution < -0.4 is 0 Å². The minimum absolute atomic E-state index is 0.197. The van der Waals surface area contributed by atoms with Crippen LogP contribution in [0.4, 0.5) is 0 Å². The van der Waals surface area contributed by atoms with Gasteiger partial charge in [0.1, 0.15) is 0 Å². The summed E-state index contributed by atoms with van der Waals surface area (Å²) >= 11 is 0. The van der Waals surface area contributed by atoms with Crippen LogP contribution in [0.25, 0.3) is 0 Å². The predicted octanol–water partition coefficient (Wildman–Crippen LogP) is 2.34. The highest BCUT2D eigenvalue weighted by atomic mass is 17.1. The van der Waals surface area contributed by atoms with Gasteiger partial charge < -0.3 is 0 Å². The summed E-state index contributed by atoms with van der Waals surface area (Å²) in [6.07, 6.45) is 1.14. The Bertz CT molecular complexity index is 146. The van der Waals surface area contributed by atoms with Gasteiger partial charge in [0.15, 0.2) is 0 Å². The van der Waals surface area contributed by atoms with Gasteiger partial charge in [-0.1, -0.05) is 27.7 Å². The Morgan fingerprint density at radius 2 is 1.92 bits per heavy atom. The van der Waals surface area contributed by atoms with Gasteiger partial charge in [-0.05, 0) is 17.8 Å². The summed E-state index contributed by atoms with van der Waals surface area (Å²) in [5.74, 6) is -0.446. The van der Waals surface area contributed by atoms with Crippen LogP contribution in [0.2, 0.25) is 0 Å². The van der Waals surface area contributed by atoms with Gasteiger partial charge in [0.05, 0.1) is 6.42 Å². The molecule has 12 heavy (non-hydrogen) atoms. The SMILES string of the molecule is CC(CC(=O)O[O])CC(C)(C)C. The van der Waals surface area contributed by atoms with Crippen molar-refractivity contribution in [1.29, 1.82) is 0 Å². The number of carbonyl (C=O) groups excluding carboxylic acids is 1.